The molecule has 64 valence electrons. The Labute approximate surface area is 67.3 Å². The van der Waals surface area contributed by atoms with Gasteiger partial charge in [-0.05, 0) is 25.2 Å². The van der Waals surface area contributed by atoms with Crippen molar-refractivity contribution in [2.24, 2.45) is 11.8 Å². The molecule has 0 spiro atoms. The van der Waals surface area contributed by atoms with Gasteiger partial charge in [-0.2, -0.15) is 0 Å². The van der Waals surface area contributed by atoms with Gasteiger partial charge in [-0.3, -0.25) is 4.79 Å². The van der Waals surface area contributed by atoms with E-state index < -0.39 is 0 Å². The molecule has 2 rings (SSSR count). The van der Waals surface area contributed by atoms with Crippen molar-refractivity contribution in [2.75, 3.05) is 0 Å². The molecule has 0 aromatic rings. The molecule has 2 aliphatic carbocycles. The van der Waals surface area contributed by atoms with Crippen LogP contribution in [0.5, 0.6) is 0 Å². The molecule has 0 radical (unpaired) electrons. The maximum absolute atomic E-state index is 11.2. The van der Waals surface area contributed by atoms with Crippen molar-refractivity contribution in [1.29, 1.82) is 0 Å². The summed E-state index contributed by atoms with van der Waals surface area (Å²) in [6.45, 7) is 0. The Bertz CT molecular complexity index is 154. The average molecular weight is 156 g/mol. The van der Waals surface area contributed by atoms with Gasteiger partial charge in [0, 0.05) is 12.3 Å². The topological polar surface area (TPSA) is 48.6 Å². The summed E-state index contributed by atoms with van der Waals surface area (Å²) in [5, 5.41) is 0. The minimum absolute atomic E-state index is 0. The van der Waals surface area contributed by atoms with E-state index in [-0.39, 0.29) is 5.48 Å². The van der Waals surface area contributed by atoms with Crippen molar-refractivity contribution < 1.29 is 10.3 Å². The van der Waals surface area contributed by atoms with Crippen molar-refractivity contribution >= 4 is 5.78 Å². The SMILES string of the molecule is O.O=C1CCC2CCCCC12. The Morgan fingerprint density at radius 1 is 1.09 bits per heavy atom. The molecule has 0 saturated heterocycles. The molecule has 2 atom stereocenters. The van der Waals surface area contributed by atoms with Gasteiger partial charge in [0.25, 0.3) is 0 Å². The number of carbonyl (C=O) groups excluding carboxylic acids is 1. The molecule has 2 N–H and O–H groups in total. The van der Waals surface area contributed by atoms with Crippen molar-refractivity contribution in [2.45, 2.75) is 38.5 Å². The molecule has 2 fully saturated rings. The number of hydrogen-bond donors (Lipinski definition) is 0. The van der Waals surface area contributed by atoms with Gasteiger partial charge in [-0.15, -0.1) is 0 Å². The lowest BCUT2D eigenvalue weighted by atomic mass is 9.81. The first-order valence-electron chi connectivity index (χ1n) is 4.40. The minimum atomic E-state index is 0. The van der Waals surface area contributed by atoms with Crippen LogP contribution in [0.2, 0.25) is 0 Å². The molecule has 2 unspecified atom stereocenters. The molecule has 0 aromatic heterocycles. The molecule has 2 nitrogen and oxygen atoms in total. The van der Waals surface area contributed by atoms with Crippen LogP contribution >= 0.6 is 0 Å². The Kier molecular flexibility index (Phi) is 2.66. The molecule has 0 bridgehead atoms. The second-order valence-corrected chi connectivity index (χ2v) is 3.66. The van der Waals surface area contributed by atoms with Crippen LogP contribution in [0.25, 0.3) is 0 Å². The summed E-state index contributed by atoms with van der Waals surface area (Å²) < 4.78 is 0. The lowest BCUT2D eigenvalue weighted by Gasteiger charge is -2.22. The highest BCUT2D eigenvalue weighted by molar-refractivity contribution is 5.83. The van der Waals surface area contributed by atoms with E-state index in [2.05, 4.69) is 0 Å². The summed E-state index contributed by atoms with van der Waals surface area (Å²) in [5.41, 5.74) is 0. The zero-order valence-corrected chi connectivity index (χ0v) is 6.81. The first kappa shape index (κ1) is 8.72. The third-order valence-corrected chi connectivity index (χ3v) is 3.08. The number of fused-ring (bicyclic) bond motifs is 1. The molecular weight excluding hydrogens is 140 g/mol. The Morgan fingerprint density at radius 2 is 1.82 bits per heavy atom. The highest BCUT2D eigenvalue weighted by Gasteiger charge is 2.35. The fourth-order valence-corrected chi connectivity index (χ4v) is 2.49. The number of Topliss-reactive ketones (excluding diaryl/α,β-unsaturated/α-hetero) is 1. The number of rotatable bonds is 0. The van der Waals surface area contributed by atoms with Crippen LogP contribution < -0.4 is 0 Å². The maximum atomic E-state index is 11.2. The van der Waals surface area contributed by atoms with E-state index >= 15 is 0 Å². The van der Waals surface area contributed by atoms with E-state index in [9.17, 15) is 4.79 Å². The first-order valence-corrected chi connectivity index (χ1v) is 4.40. The van der Waals surface area contributed by atoms with Gasteiger partial charge in [0.2, 0.25) is 0 Å². The minimum Gasteiger partial charge on any atom is -0.412 e. The Morgan fingerprint density at radius 3 is 2.55 bits per heavy atom. The Hall–Kier alpha value is -0.370. The molecular formula is C9H16O2. The largest absolute Gasteiger partial charge is 0.412 e. The average Bonchev–Trinajstić information content (AvgIpc) is 2.34. The standard InChI is InChI=1S/C9H14O.H2O/c10-9-6-5-7-3-1-2-4-8(7)9;/h7-8H,1-6H2;1H2. The molecule has 2 saturated carbocycles. The van der Waals surface area contributed by atoms with Gasteiger partial charge < -0.3 is 5.48 Å². The summed E-state index contributed by atoms with van der Waals surface area (Å²) in [6, 6.07) is 0. The summed E-state index contributed by atoms with van der Waals surface area (Å²) in [6.07, 6.45) is 7.28. The van der Waals surface area contributed by atoms with Crippen LogP contribution in [-0.4, -0.2) is 11.3 Å². The molecule has 0 heterocycles. The van der Waals surface area contributed by atoms with E-state index in [1.807, 2.05) is 0 Å². The van der Waals surface area contributed by atoms with Crippen molar-refractivity contribution in [3.63, 3.8) is 0 Å². The monoisotopic (exact) mass is 156 g/mol. The van der Waals surface area contributed by atoms with Crippen LogP contribution in [0.15, 0.2) is 0 Å². The van der Waals surface area contributed by atoms with Crippen LogP contribution in [-0.2, 0) is 4.79 Å². The molecule has 0 amide bonds. The van der Waals surface area contributed by atoms with Gasteiger partial charge in [0.1, 0.15) is 5.78 Å². The van der Waals surface area contributed by atoms with E-state index in [0.717, 1.165) is 12.3 Å². The van der Waals surface area contributed by atoms with Crippen molar-refractivity contribution in [3.8, 4) is 0 Å². The first-order chi connectivity index (χ1) is 4.88. The van der Waals surface area contributed by atoms with Gasteiger partial charge in [-0.25, -0.2) is 0 Å². The van der Waals surface area contributed by atoms with E-state index in [1.54, 1.807) is 0 Å². The fourth-order valence-electron chi connectivity index (χ4n) is 2.49. The van der Waals surface area contributed by atoms with Gasteiger partial charge in [0.05, 0.1) is 0 Å². The molecule has 2 aliphatic rings. The predicted octanol–water partition coefficient (Wildman–Crippen LogP) is 1.33. The quantitative estimate of drug-likeness (QED) is 0.522. The normalized spacial score (nSPS) is 36.2. The zero-order chi connectivity index (χ0) is 6.97. The Balaban J connectivity index is 0.000000605. The molecule has 11 heavy (non-hydrogen) atoms. The summed E-state index contributed by atoms with van der Waals surface area (Å²) in [7, 11) is 0. The highest BCUT2D eigenvalue weighted by atomic mass is 16.1. The molecule has 2 heteroatoms. The van der Waals surface area contributed by atoms with Crippen molar-refractivity contribution in [1.82, 2.24) is 0 Å². The maximum Gasteiger partial charge on any atom is 0.136 e. The summed E-state index contributed by atoms with van der Waals surface area (Å²) >= 11 is 0. The number of hydrogen-bond acceptors (Lipinski definition) is 1. The van der Waals surface area contributed by atoms with Gasteiger partial charge in [-0.1, -0.05) is 12.8 Å². The van der Waals surface area contributed by atoms with Gasteiger partial charge in [0.15, 0.2) is 0 Å². The van der Waals surface area contributed by atoms with E-state index in [4.69, 9.17) is 0 Å². The molecule has 0 aliphatic heterocycles. The highest BCUT2D eigenvalue weighted by Crippen LogP contribution is 2.39. The number of carbonyl (C=O) groups is 1. The third-order valence-electron chi connectivity index (χ3n) is 3.08. The summed E-state index contributed by atoms with van der Waals surface area (Å²) in [5.74, 6) is 1.85. The van der Waals surface area contributed by atoms with Crippen molar-refractivity contribution in [3.05, 3.63) is 0 Å². The lowest BCUT2D eigenvalue weighted by Crippen LogP contribution is -2.18. The lowest BCUT2D eigenvalue weighted by molar-refractivity contribution is -0.121. The predicted molar refractivity (Wildman–Crippen MR) is 43.3 cm³/mol. The second kappa shape index (κ2) is 3.35. The smallest absolute Gasteiger partial charge is 0.136 e. The molecule has 0 aromatic carbocycles. The van der Waals surface area contributed by atoms with E-state index in [0.29, 0.717) is 11.7 Å². The van der Waals surface area contributed by atoms with Crippen LogP contribution in [0.4, 0.5) is 0 Å². The third kappa shape index (κ3) is 1.45. The van der Waals surface area contributed by atoms with Crippen LogP contribution in [0.1, 0.15) is 38.5 Å². The van der Waals surface area contributed by atoms with Gasteiger partial charge >= 0.3 is 0 Å². The zero-order valence-electron chi connectivity index (χ0n) is 6.81. The van der Waals surface area contributed by atoms with E-state index in [1.165, 1.54) is 32.1 Å². The second-order valence-electron chi connectivity index (χ2n) is 3.66. The number of ketones is 1. The summed E-state index contributed by atoms with van der Waals surface area (Å²) in [4.78, 5) is 11.2. The fraction of sp³-hybridized carbons (Fsp3) is 0.889. The van der Waals surface area contributed by atoms with Crippen LogP contribution in [0, 0.1) is 11.8 Å². The van der Waals surface area contributed by atoms with Crippen LogP contribution in [0.3, 0.4) is 0 Å².